The van der Waals surface area contributed by atoms with Gasteiger partial charge in [-0.3, -0.25) is 0 Å². The van der Waals surface area contributed by atoms with Crippen molar-refractivity contribution in [1.29, 1.82) is 0 Å². The first-order chi connectivity index (χ1) is 9.53. The lowest BCUT2D eigenvalue weighted by molar-refractivity contribution is 0.299. The molecule has 2 aromatic rings. The molecule has 0 aliphatic heterocycles. The molecule has 20 heavy (non-hydrogen) atoms. The van der Waals surface area contributed by atoms with Gasteiger partial charge in [0.1, 0.15) is 0 Å². The zero-order chi connectivity index (χ0) is 14.6. The van der Waals surface area contributed by atoms with Gasteiger partial charge in [-0.05, 0) is 31.0 Å². The van der Waals surface area contributed by atoms with Crippen molar-refractivity contribution in [3.8, 4) is 0 Å². The van der Waals surface area contributed by atoms with Gasteiger partial charge in [-0.25, -0.2) is 18.1 Å². The minimum Gasteiger partial charge on any atom is -0.396 e. The molecule has 0 aliphatic carbocycles. The van der Waals surface area contributed by atoms with E-state index < -0.39 is 10.0 Å². The Morgan fingerprint density at radius 2 is 2.00 bits per heavy atom. The molecule has 0 radical (unpaired) electrons. The van der Waals surface area contributed by atoms with Crippen LogP contribution in [0.5, 0.6) is 0 Å². The third-order valence-corrected chi connectivity index (χ3v) is 5.25. The Hall–Kier alpha value is -1.28. The van der Waals surface area contributed by atoms with Gasteiger partial charge in [-0.15, -0.1) is 11.3 Å². The fourth-order valence-corrected chi connectivity index (χ4v) is 3.51. The largest absolute Gasteiger partial charge is 0.396 e. The molecular weight excluding hydrogens is 296 g/mol. The maximum Gasteiger partial charge on any atom is 0.240 e. The van der Waals surface area contributed by atoms with Crippen LogP contribution in [0.1, 0.15) is 16.1 Å². The van der Waals surface area contributed by atoms with Crippen molar-refractivity contribution < 1.29 is 13.5 Å². The quantitative estimate of drug-likeness (QED) is 0.846. The molecule has 1 aromatic carbocycles. The molecule has 0 bridgehead atoms. The van der Waals surface area contributed by atoms with Gasteiger partial charge in [0.05, 0.1) is 16.1 Å². The monoisotopic (exact) mass is 312 g/mol. The summed E-state index contributed by atoms with van der Waals surface area (Å²) >= 11 is 1.43. The minimum absolute atomic E-state index is 0.0506. The maximum atomic E-state index is 12.1. The lowest BCUT2D eigenvalue weighted by Gasteiger charge is -2.07. The highest BCUT2D eigenvalue weighted by atomic mass is 32.2. The molecule has 0 spiro atoms. The summed E-state index contributed by atoms with van der Waals surface area (Å²) in [6, 6.07) is 6.52. The molecule has 0 saturated carbocycles. The smallest absolute Gasteiger partial charge is 0.240 e. The molecule has 0 saturated heterocycles. The number of aromatic nitrogens is 1. The molecule has 2 N–H and O–H groups in total. The molecule has 1 heterocycles. The maximum absolute atomic E-state index is 12.1. The van der Waals surface area contributed by atoms with Crippen LogP contribution in [0, 0.1) is 6.92 Å². The van der Waals surface area contributed by atoms with Gasteiger partial charge >= 0.3 is 0 Å². The Morgan fingerprint density at radius 3 is 2.55 bits per heavy atom. The van der Waals surface area contributed by atoms with E-state index in [1.807, 2.05) is 6.92 Å². The standard InChI is InChI=1S/C13H16N2O3S2/c1-10-13(19-9-14-10)8-15-20(17,18)12-4-2-11(3-5-12)6-7-16/h2-5,9,15-16H,6-8H2,1H3. The number of nitrogens with one attached hydrogen (secondary N) is 1. The average molecular weight is 312 g/mol. The number of aliphatic hydroxyl groups excluding tert-OH is 1. The van der Waals surface area contributed by atoms with Crippen LogP contribution in [0.3, 0.4) is 0 Å². The number of thiazole rings is 1. The summed E-state index contributed by atoms with van der Waals surface area (Å²) in [6.45, 7) is 2.15. The summed E-state index contributed by atoms with van der Waals surface area (Å²) < 4.78 is 26.8. The van der Waals surface area contributed by atoms with Crippen molar-refractivity contribution in [3.05, 3.63) is 45.9 Å². The van der Waals surface area contributed by atoms with E-state index in [0.29, 0.717) is 6.42 Å². The van der Waals surface area contributed by atoms with Gasteiger partial charge in [-0.2, -0.15) is 0 Å². The molecule has 108 valence electrons. The first kappa shape index (κ1) is 15.1. The van der Waals surface area contributed by atoms with Gasteiger partial charge in [0.25, 0.3) is 0 Å². The topological polar surface area (TPSA) is 79.3 Å². The Balaban J connectivity index is 2.08. The van der Waals surface area contributed by atoms with Gasteiger partial charge in [0.15, 0.2) is 0 Å². The highest BCUT2D eigenvalue weighted by Gasteiger charge is 2.14. The molecular formula is C13H16N2O3S2. The highest BCUT2D eigenvalue weighted by molar-refractivity contribution is 7.89. The number of hydrogen-bond acceptors (Lipinski definition) is 5. The van der Waals surface area contributed by atoms with E-state index in [0.717, 1.165) is 16.1 Å². The van der Waals surface area contributed by atoms with Crippen LogP contribution >= 0.6 is 11.3 Å². The van der Waals surface area contributed by atoms with Crippen molar-refractivity contribution in [2.45, 2.75) is 24.8 Å². The molecule has 0 amide bonds. The van der Waals surface area contributed by atoms with E-state index in [9.17, 15) is 8.42 Å². The number of hydrogen-bond donors (Lipinski definition) is 2. The molecule has 1 aromatic heterocycles. The normalized spacial score (nSPS) is 11.7. The van der Waals surface area contributed by atoms with E-state index in [4.69, 9.17) is 5.11 Å². The summed E-state index contributed by atoms with van der Waals surface area (Å²) in [4.78, 5) is 5.21. The first-order valence-corrected chi connectivity index (χ1v) is 8.47. The zero-order valence-corrected chi connectivity index (χ0v) is 12.7. The van der Waals surface area contributed by atoms with Crippen LogP contribution < -0.4 is 4.72 Å². The van der Waals surface area contributed by atoms with Crippen LogP contribution in [0.15, 0.2) is 34.7 Å². The number of benzene rings is 1. The first-order valence-electron chi connectivity index (χ1n) is 6.11. The van der Waals surface area contributed by atoms with Crippen molar-refractivity contribution in [1.82, 2.24) is 9.71 Å². The number of aliphatic hydroxyl groups is 1. The lowest BCUT2D eigenvalue weighted by atomic mass is 10.2. The predicted molar refractivity (Wildman–Crippen MR) is 78.1 cm³/mol. The Morgan fingerprint density at radius 1 is 1.30 bits per heavy atom. The van der Waals surface area contributed by atoms with E-state index in [1.54, 1.807) is 29.8 Å². The average Bonchev–Trinajstić information content (AvgIpc) is 2.83. The summed E-state index contributed by atoms with van der Waals surface area (Å²) in [6.07, 6.45) is 0.522. The molecule has 2 rings (SSSR count). The van der Waals surface area contributed by atoms with Crippen molar-refractivity contribution in [3.63, 3.8) is 0 Å². The second kappa shape index (κ2) is 6.45. The van der Waals surface area contributed by atoms with Crippen LogP contribution in [0.2, 0.25) is 0 Å². The van der Waals surface area contributed by atoms with Crippen LogP contribution in [0.4, 0.5) is 0 Å². The number of aryl methyl sites for hydroxylation is 1. The number of nitrogens with zero attached hydrogens (tertiary/aromatic N) is 1. The summed E-state index contributed by atoms with van der Waals surface area (Å²) in [5.41, 5.74) is 3.45. The van der Waals surface area contributed by atoms with Gasteiger partial charge in [-0.1, -0.05) is 12.1 Å². The van der Waals surface area contributed by atoms with Crippen LogP contribution in [-0.4, -0.2) is 25.1 Å². The fourth-order valence-electron chi connectivity index (χ4n) is 1.70. The molecule has 5 nitrogen and oxygen atoms in total. The summed E-state index contributed by atoms with van der Waals surface area (Å²) in [5, 5.41) is 8.83. The molecule has 0 atom stereocenters. The Kier molecular flexibility index (Phi) is 4.87. The number of sulfonamides is 1. The third-order valence-electron chi connectivity index (χ3n) is 2.90. The minimum atomic E-state index is -3.52. The third kappa shape index (κ3) is 3.63. The second-order valence-corrected chi connectivity index (χ2v) is 7.01. The van der Waals surface area contributed by atoms with Crippen LogP contribution in [0.25, 0.3) is 0 Å². The highest BCUT2D eigenvalue weighted by Crippen LogP contribution is 2.15. The van der Waals surface area contributed by atoms with Crippen molar-refractivity contribution in [2.75, 3.05) is 6.61 Å². The zero-order valence-electron chi connectivity index (χ0n) is 11.0. The van der Waals surface area contributed by atoms with Crippen molar-refractivity contribution in [2.24, 2.45) is 0 Å². The second-order valence-electron chi connectivity index (χ2n) is 4.30. The fraction of sp³-hybridized carbons (Fsp3) is 0.308. The predicted octanol–water partition coefficient (Wildman–Crippen LogP) is 1.46. The molecule has 0 unspecified atom stereocenters. The summed E-state index contributed by atoms with van der Waals surface area (Å²) in [5.74, 6) is 0. The van der Waals surface area contributed by atoms with E-state index in [-0.39, 0.29) is 18.0 Å². The van der Waals surface area contributed by atoms with E-state index in [1.165, 1.54) is 11.3 Å². The van der Waals surface area contributed by atoms with Crippen LogP contribution in [-0.2, 0) is 23.0 Å². The van der Waals surface area contributed by atoms with Gasteiger partial charge < -0.3 is 5.11 Å². The van der Waals surface area contributed by atoms with Gasteiger partial charge in [0.2, 0.25) is 10.0 Å². The molecule has 7 heteroatoms. The number of rotatable bonds is 6. The van der Waals surface area contributed by atoms with E-state index >= 15 is 0 Å². The molecule has 0 aliphatic rings. The Labute approximate surface area is 122 Å². The lowest BCUT2D eigenvalue weighted by Crippen LogP contribution is -2.23. The van der Waals surface area contributed by atoms with E-state index in [2.05, 4.69) is 9.71 Å². The van der Waals surface area contributed by atoms with Crippen molar-refractivity contribution >= 4 is 21.4 Å². The SMILES string of the molecule is Cc1ncsc1CNS(=O)(=O)c1ccc(CCO)cc1. The van der Waals surface area contributed by atoms with Gasteiger partial charge in [0, 0.05) is 18.0 Å². The Bertz CT molecular complexity index is 663. The summed E-state index contributed by atoms with van der Waals surface area (Å²) in [7, 11) is -3.52. The molecule has 0 fully saturated rings.